The maximum atomic E-state index is 13.9. The van der Waals surface area contributed by atoms with Gasteiger partial charge < -0.3 is 4.74 Å². The summed E-state index contributed by atoms with van der Waals surface area (Å²) in [7, 11) is 0. The summed E-state index contributed by atoms with van der Waals surface area (Å²) in [6.45, 7) is 2.67. The molecule has 0 spiro atoms. The van der Waals surface area contributed by atoms with Gasteiger partial charge in [0, 0.05) is 0 Å². The summed E-state index contributed by atoms with van der Waals surface area (Å²) in [4.78, 5) is 0. The largest absolute Gasteiger partial charge is 0.490 e. The van der Waals surface area contributed by atoms with Gasteiger partial charge in [0.15, 0.2) is 11.6 Å². The molecule has 1 aliphatic carbocycles. The van der Waals surface area contributed by atoms with Crippen LogP contribution in [0.25, 0.3) is 0 Å². The lowest BCUT2D eigenvalue weighted by Crippen LogP contribution is -2.20. The van der Waals surface area contributed by atoms with Crippen LogP contribution in [-0.2, 0) is 0 Å². The predicted molar refractivity (Wildman–Crippen MR) is 100 cm³/mol. The van der Waals surface area contributed by atoms with E-state index in [1.54, 1.807) is 6.07 Å². The molecule has 1 aliphatic rings. The topological polar surface area (TPSA) is 33.0 Å². The summed E-state index contributed by atoms with van der Waals surface area (Å²) in [6, 6.07) is 4.25. The fourth-order valence-corrected chi connectivity index (χ4v) is 3.84. The van der Waals surface area contributed by atoms with E-state index >= 15 is 0 Å². The van der Waals surface area contributed by atoms with Gasteiger partial charge in [0.25, 0.3) is 0 Å². The molecule has 0 aliphatic heterocycles. The average molecular weight is 363 g/mol. The average Bonchev–Trinajstić information content (AvgIpc) is 2.67. The molecule has 1 aromatic carbocycles. The van der Waals surface area contributed by atoms with E-state index in [-0.39, 0.29) is 11.3 Å². The van der Waals surface area contributed by atoms with Crippen LogP contribution in [0, 0.1) is 34.8 Å². The molecule has 0 heterocycles. The molecule has 0 N–H and O–H groups in total. The first kappa shape index (κ1) is 20.7. The van der Waals surface area contributed by atoms with Crippen LogP contribution >= 0.6 is 0 Å². The molecule has 1 aromatic rings. The minimum absolute atomic E-state index is 0.0873. The summed E-state index contributed by atoms with van der Waals surface area (Å²) in [6.07, 6.45) is 14.0. The molecule has 0 atom stereocenters. The first-order valence-corrected chi connectivity index (χ1v) is 10.2. The Kier molecular flexibility index (Phi) is 8.88. The Labute approximate surface area is 156 Å². The van der Waals surface area contributed by atoms with Gasteiger partial charge in [-0.25, -0.2) is 4.39 Å². The van der Waals surface area contributed by atoms with Crippen molar-refractivity contribution < 1.29 is 13.5 Å². The quantitative estimate of drug-likeness (QED) is 0.430. The van der Waals surface area contributed by atoms with E-state index in [1.165, 1.54) is 69.9 Å². The van der Waals surface area contributed by atoms with Crippen molar-refractivity contribution in [3.05, 3.63) is 29.3 Å². The number of rotatable bonds is 10. The van der Waals surface area contributed by atoms with Crippen LogP contribution in [0.2, 0.25) is 0 Å². The Morgan fingerprint density at radius 2 is 1.62 bits per heavy atom. The molecule has 0 unspecified atom stereocenters. The van der Waals surface area contributed by atoms with Gasteiger partial charge >= 0.3 is 0 Å². The molecular weight excluding hydrogens is 332 g/mol. The number of hydrogen-bond acceptors (Lipinski definition) is 2. The maximum Gasteiger partial charge on any atom is 0.201 e. The maximum absolute atomic E-state index is 13.9. The lowest BCUT2D eigenvalue weighted by Gasteiger charge is -2.28. The second kappa shape index (κ2) is 11.2. The highest BCUT2D eigenvalue weighted by atomic mass is 19.2. The van der Waals surface area contributed by atoms with Crippen molar-refractivity contribution in [1.82, 2.24) is 0 Å². The SMILES string of the molecule is CCCCCCCC[C@H]1CC[C@H](COc2ccc(C#N)c(F)c2F)CC1. The van der Waals surface area contributed by atoms with Gasteiger partial charge in [0.1, 0.15) is 6.07 Å². The van der Waals surface area contributed by atoms with Crippen molar-refractivity contribution in [1.29, 1.82) is 5.26 Å². The van der Waals surface area contributed by atoms with Crippen LogP contribution in [0.4, 0.5) is 8.78 Å². The van der Waals surface area contributed by atoms with Crippen LogP contribution in [0.5, 0.6) is 5.75 Å². The number of halogens is 2. The van der Waals surface area contributed by atoms with E-state index in [1.807, 2.05) is 0 Å². The second-order valence-electron chi connectivity index (χ2n) is 7.61. The molecule has 4 heteroatoms. The molecule has 2 nitrogen and oxygen atoms in total. The third-order valence-corrected chi connectivity index (χ3v) is 5.57. The van der Waals surface area contributed by atoms with Crippen molar-refractivity contribution in [2.45, 2.75) is 77.6 Å². The Balaban J connectivity index is 1.65. The Morgan fingerprint density at radius 1 is 0.962 bits per heavy atom. The lowest BCUT2D eigenvalue weighted by atomic mass is 9.80. The van der Waals surface area contributed by atoms with E-state index in [9.17, 15) is 8.78 Å². The second-order valence-corrected chi connectivity index (χ2v) is 7.61. The van der Waals surface area contributed by atoms with Gasteiger partial charge in [-0.15, -0.1) is 0 Å². The lowest BCUT2D eigenvalue weighted by molar-refractivity contribution is 0.172. The Hall–Kier alpha value is -1.63. The first-order chi connectivity index (χ1) is 12.7. The minimum atomic E-state index is -1.12. The summed E-state index contributed by atoms with van der Waals surface area (Å²) in [5, 5.41) is 8.71. The summed E-state index contributed by atoms with van der Waals surface area (Å²) >= 11 is 0. The molecular formula is C22H31F2NO. The number of unbranched alkanes of at least 4 members (excludes halogenated alkanes) is 5. The van der Waals surface area contributed by atoms with Gasteiger partial charge in [-0.3, -0.25) is 0 Å². The standard InChI is InChI=1S/C22H31F2NO/c1-2-3-4-5-6-7-8-17-9-11-18(12-10-17)16-26-20-14-13-19(15-25)21(23)22(20)24/h13-14,17-18H,2-12,16H2,1H3/t17-,18-. The zero-order valence-electron chi connectivity index (χ0n) is 15.9. The number of hydrogen-bond donors (Lipinski definition) is 0. The molecule has 0 aromatic heterocycles. The molecule has 0 radical (unpaired) electrons. The highest BCUT2D eigenvalue weighted by Crippen LogP contribution is 2.33. The summed E-state index contributed by atoms with van der Waals surface area (Å²) in [5.74, 6) is -1.03. The third kappa shape index (κ3) is 6.27. The first-order valence-electron chi connectivity index (χ1n) is 10.2. The highest BCUT2D eigenvalue weighted by molar-refractivity contribution is 5.37. The van der Waals surface area contributed by atoms with E-state index in [2.05, 4.69) is 6.92 Å². The van der Waals surface area contributed by atoms with Gasteiger partial charge in [0.2, 0.25) is 5.82 Å². The van der Waals surface area contributed by atoms with Crippen LogP contribution in [0.15, 0.2) is 12.1 Å². The van der Waals surface area contributed by atoms with Crippen LogP contribution in [0.3, 0.4) is 0 Å². The van der Waals surface area contributed by atoms with Crippen LogP contribution in [0.1, 0.15) is 83.1 Å². The van der Waals surface area contributed by atoms with Crippen LogP contribution in [-0.4, -0.2) is 6.61 Å². The molecule has 26 heavy (non-hydrogen) atoms. The van der Waals surface area contributed by atoms with Crippen molar-refractivity contribution in [3.63, 3.8) is 0 Å². The van der Waals surface area contributed by atoms with E-state index in [0.29, 0.717) is 12.5 Å². The molecule has 0 saturated heterocycles. The number of ether oxygens (including phenoxy) is 1. The van der Waals surface area contributed by atoms with Crippen molar-refractivity contribution >= 4 is 0 Å². The third-order valence-electron chi connectivity index (χ3n) is 5.57. The smallest absolute Gasteiger partial charge is 0.201 e. The van der Waals surface area contributed by atoms with Gasteiger partial charge in [-0.1, -0.05) is 64.7 Å². The van der Waals surface area contributed by atoms with Gasteiger partial charge in [0.05, 0.1) is 12.2 Å². The normalized spacial score (nSPS) is 19.9. The highest BCUT2D eigenvalue weighted by Gasteiger charge is 2.22. The van der Waals surface area contributed by atoms with E-state index in [4.69, 9.17) is 10.00 Å². The zero-order valence-corrected chi connectivity index (χ0v) is 15.9. The van der Waals surface area contributed by atoms with Crippen molar-refractivity contribution in [2.75, 3.05) is 6.61 Å². The van der Waals surface area contributed by atoms with E-state index in [0.717, 1.165) is 18.8 Å². The zero-order chi connectivity index (χ0) is 18.8. The summed E-state index contributed by atoms with van der Waals surface area (Å²) in [5.41, 5.74) is -0.287. The van der Waals surface area contributed by atoms with Crippen LogP contribution < -0.4 is 4.74 Å². The van der Waals surface area contributed by atoms with Crippen molar-refractivity contribution in [3.8, 4) is 11.8 Å². The number of nitrogens with zero attached hydrogens (tertiary/aromatic N) is 1. The fourth-order valence-electron chi connectivity index (χ4n) is 3.84. The van der Waals surface area contributed by atoms with Crippen molar-refractivity contribution in [2.24, 2.45) is 11.8 Å². The molecule has 0 amide bonds. The molecule has 144 valence electrons. The number of benzene rings is 1. The summed E-state index contributed by atoms with van der Waals surface area (Å²) < 4.78 is 33.0. The Bertz CT molecular complexity index is 589. The molecule has 2 rings (SSSR count). The molecule has 1 saturated carbocycles. The van der Waals surface area contributed by atoms with Gasteiger partial charge in [-0.05, 0) is 36.8 Å². The monoisotopic (exact) mass is 363 g/mol. The Morgan fingerprint density at radius 3 is 2.31 bits per heavy atom. The predicted octanol–water partition coefficient (Wildman–Crippen LogP) is 6.77. The molecule has 0 bridgehead atoms. The van der Waals surface area contributed by atoms with Gasteiger partial charge in [-0.2, -0.15) is 9.65 Å². The van der Waals surface area contributed by atoms with E-state index < -0.39 is 11.6 Å². The fraction of sp³-hybridized carbons (Fsp3) is 0.682. The minimum Gasteiger partial charge on any atom is -0.490 e. The molecule has 1 fully saturated rings. The number of nitriles is 1.